The normalized spacial score (nSPS) is 13.6. The molecule has 4 rings (SSSR count). The van der Waals surface area contributed by atoms with Crippen LogP contribution in [0.5, 0.6) is 0 Å². The number of rotatable bonds is 8. The molecule has 6 heteroatoms. The van der Waals surface area contributed by atoms with E-state index in [1.807, 2.05) is 18.3 Å². The number of hydrogen-bond acceptors (Lipinski definition) is 4. The van der Waals surface area contributed by atoms with Gasteiger partial charge in [-0.05, 0) is 48.9 Å². The summed E-state index contributed by atoms with van der Waals surface area (Å²) in [5, 5.41) is 17.9. The molecule has 0 amide bonds. The summed E-state index contributed by atoms with van der Waals surface area (Å²) in [5.74, 6) is -0.463. The van der Waals surface area contributed by atoms with Crippen LogP contribution >= 0.6 is 0 Å². The minimum atomic E-state index is -0.901. The molecule has 0 saturated heterocycles. The Morgan fingerprint density at radius 1 is 1.24 bits per heavy atom. The van der Waals surface area contributed by atoms with Gasteiger partial charge in [0.1, 0.15) is 5.69 Å². The van der Waals surface area contributed by atoms with E-state index >= 15 is 0 Å². The molecule has 2 heterocycles. The lowest BCUT2D eigenvalue weighted by Gasteiger charge is -2.14. The molecule has 0 aliphatic heterocycles. The molecule has 0 bridgehead atoms. The van der Waals surface area contributed by atoms with E-state index in [1.165, 1.54) is 5.56 Å². The highest BCUT2D eigenvalue weighted by Crippen LogP contribution is 2.34. The van der Waals surface area contributed by atoms with Crippen molar-refractivity contribution in [1.29, 1.82) is 0 Å². The van der Waals surface area contributed by atoms with E-state index in [-0.39, 0.29) is 0 Å². The molecule has 150 valence electrons. The van der Waals surface area contributed by atoms with E-state index in [0.29, 0.717) is 24.6 Å². The van der Waals surface area contributed by atoms with Crippen molar-refractivity contribution in [3.05, 3.63) is 71.2 Å². The summed E-state index contributed by atoms with van der Waals surface area (Å²) in [7, 11) is 0. The Balaban J connectivity index is 1.40. The van der Waals surface area contributed by atoms with Crippen LogP contribution < -0.4 is 5.32 Å². The fraction of sp³-hybridized carbons (Fsp3) is 0.348. The third-order valence-corrected chi connectivity index (χ3v) is 5.60. The number of nitrogens with one attached hydrogen (secondary N) is 1. The molecule has 6 nitrogen and oxygen atoms in total. The predicted molar refractivity (Wildman–Crippen MR) is 112 cm³/mol. The Labute approximate surface area is 170 Å². The lowest BCUT2D eigenvalue weighted by molar-refractivity contribution is 0.0681. The number of benzene rings is 1. The van der Waals surface area contributed by atoms with Gasteiger partial charge in [0.05, 0.1) is 5.69 Å². The lowest BCUT2D eigenvalue weighted by Crippen LogP contribution is -2.23. The van der Waals surface area contributed by atoms with Gasteiger partial charge in [-0.3, -0.25) is 9.67 Å². The Hall–Kier alpha value is -2.99. The molecule has 1 aliphatic carbocycles. The fourth-order valence-corrected chi connectivity index (χ4v) is 4.04. The van der Waals surface area contributed by atoms with Crippen molar-refractivity contribution >= 4 is 5.97 Å². The molecule has 1 unspecified atom stereocenters. The van der Waals surface area contributed by atoms with Crippen LogP contribution in [0.1, 0.15) is 46.4 Å². The molecule has 0 radical (unpaired) electrons. The first-order chi connectivity index (χ1) is 14.1. The van der Waals surface area contributed by atoms with Crippen molar-refractivity contribution in [2.45, 2.75) is 38.6 Å². The summed E-state index contributed by atoms with van der Waals surface area (Å²) in [6, 6.07) is 12.4. The first kappa shape index (κ1) is 19.3. The second kappa shape index (κ2) is 8.57. The maximum Gasteiger partial charge on any atom is 0.354 e. The third kappa shape index (κ3) is 4.07. The maximum absolute atomic E-state index is 11.9. The SMILES string of the molecule is CC(CNCCCn1nc2c(c1C(=O)O)CCc1cnccc1-2)c1ccccc1. The molecule has 2 aromatic heterocycles. The van der Waals surface area contributed by atoms with Crippen molar-refractivity contribution in [3.8, 4) is 11.3 Å². The van der Waals surface area contributed by atoms with Crippen LogP contribution in [0, 0.1) is 0 Å². The first-order valence-electron chi connectivity index (χ1n) is 10.2. The Kier molecular flexibility index (Phi) is 5.71. The summed E-state index contributed by atoms with van der Waals surface area (Å²) in [4.78, 5) is 16.1. The van der Waals surface area contributed by atoms with Crippen LogP contribution in [0.4, 0.5) is 0 Å². The second-order valence-corrected chi connectivity index (χ2v) is 7.61. The quantitative estimate of drug-likeness (QED) is 0.575. The van der Waals surface area contributed by atoms with Gasteiger partial charge in [-0.25, -0.2) is 4.79 Å². The summed E-state index contributed by atoms with van der Waals surface area (Å²) in [5.41, 5.74) is 5.45. The molecule has 1 aliphatic rings. The number of nitrogens with zero attached hydrogens (tertiary/aromatic N) is 3. The number of pyridine rings is 1. The standard InChI is InChI=1S/C23H26N4O2/c1-16(17-6-3-2-4-7-17)14-24-11-5-13-27-22(23(28)29)20-9-8-18-15-25-12-10-19(18)21(20)26-27/h2-4,6-7,10,12,15-16,24H,5,8-9,11,13-14H2,1H3,(H,28,29). The van der Waals surface area contributed by atoms with E-state index in [0.717, 1.165) is 48.3 Å². The van der Waals surface area contributed by atoms with Gasteiger partial charge in [-0.1, -0.05) is 37.3 Å². The summed E-state index contributed by atoms with van der Waals surface area (Å²) in [6.07, 6.45) is 5.93. The van der Waals surface area contributed by atoms with Gasteiger partial charge < -0.3 is 10.4 Å². The summed E-state index contributed by atoms with van der Waals surface area (Å²) in [6.45, 7) is 4.51. The van der Waals surface area contributed by atoms with Crippen LogP contribution in [0.3, 0.4) is 0 Å². The minimum absolute atomic E-state index is 0.333. The highest BCUT2D eigenvalue weighted by atomic mass is 16.4. The summed E-state index contributed by atoms with van der Waals surface area (Å²) >= 11 is 0. The zero-order chi connectivity index (χ0) is 20.2. The number of aromatic carboxylic acids is 1. The topological polar surface area (TPSA) is 80.0 Å². The lowest BCUT2D eigenvalue weighted by atomic mass is 9.90. The molecule has 2 N–H and O–H groups in total. The van der Waals surface area contributed by atoms with Gasteiger partial charge in [0.15, 0.2) is 0 Å². The maximum atomic E-state index is 11.9. The van der Waals surface area contributed by atoms with Gasteiger partial charge in [0, 0.05) is 36.6 Å². The monoisotopic (exact) mass is 390 g/mol. The van der Waals surface area contributed by atoms with Crippen molar-refractivity contribution < 1.29 is 9.90 Å². The molecule has 29 heavy (non-hydrogen) atoms. The highest BCUT2D eigenvalue weighted by molar-refractivity contribution is 5.90. The van der Waals surface area contributed by atoms with E-state index in [2.05, 4.69) is 46.6 Å². The molecular formula is C23H26N4O2. The number of carbonyl (C=O) groups is 1. The predicted octanol–water partition coefficient (Wildman–Crippen LogP) is 3.53. The van der Waals surface area contributed by atoms with E-state index in [9.17, 15) is 9.90 Å². The molecule has 0 saturated carbocycles. The third-order valence-electron chi connectivity index (χ3n) is 5.60. The van der Waals surface area contributed by atoms with Crippen LogP contribution in [-0.4, -0.2) is 38.9 Å². The van der Waals surface area contributed by atoms with E-state index < -0.39 is 5.97 Å². The van der Waals surface area contributed by atoms with Gasteiger partial charge in [0.25, 0.3) is 0 Å². The average molecular weight is 390 g/mol. The van der Waals surface area contributed by atoms with Gasteiger partial charge >= 0.3 is 5.97 Å². The zero-order valence-electron chi connectivity index (χ0n) is 16.6. The summed E-state index contributed by atoms with van der Waals surface area (Å²) < 4.78 is 1.67. The molecule has 1 atom stereocenters. The number of carboxylic acid groups (broad SMARTS) is 1. The number of hydrogen-bond donors (Lipinski definition) is 2. The van der Waals surface area contributed by atoms with Crippen molar-refractivity contribution in [3.63, 3.8) is 0 Å². The van der Waals surface area contributed by atoms with Crippen LogP contribution in [-0.2, 0) is 19.4 Å². The number of fused-ring (bicyclic) bond motifs is 3. The largest absolute Gasteiger partial charge is 0.477 e. The molecule has 0 fully saturated rings. The van der Waals surface area contributed by atoms with Gasteiger partial charge in [0.2, 0.25) is 0 Å². The van der Waals surface area contributed by atoms with Gasteiger partial charge in [-0.15, -0.1) is 0 Å². The number of aromatic nitrogens is 3. The van der Waals surface area contributed by atoms with Crippen molar-refractivity contribution in [2.24, 2.45) is 0 Å². The van der Waals surface area contributed by atoms with Crippen molar-refractivity contribution in [1.82, 2.24) is 20.1 Å². The minimum Gasteiger partial charge on any atom is -0.477 e. The Bertz CT molecular complexity index is 997. The van der Waals surface area contributed by atoms with Crippen LogP contribution in [0.15, 0.2) is 48.8 Å². The zero-order valence-corrected chi connectivity index (χ0v) is 16.6. The molecule has 3 aromatic rings. The average Bonchev–Trinajstić information content (AvgIpc) is 3.13. The number of carboxylic acids is 1. The molecule has 0 spiro atoms. The highest BCUT2D eigenvalue weighted by Gasteiger charge is 2.27. The first-order valence-corrected chi connectivity index (χ1v) is 10.2. The van der Waals surface area contributed by atoms with Crippen molar-refractivity contribution in [2.75, 3.05) is 13.1 Å². The Morgan fingerprint density at radius 3 is 2.86 bits per heavy atom. The second-order valence-electron chi connectivity index (χ2n) is 7.61. The molecular weight excluding hydrogens is 364 g/mol. The number of aryl methyl sites for hydroxylation is 2. The van der Waals surface area contributed by atoms with E-state index in [1.54, 1.807) is 10.9 Å². The fourth-order valence-electron chi connectivity index (χ4n) is 4.04. The van der Waals surface area contributed by atoms with Crippen LogP contribution in [0.25, 0.3) is 11.3 Å². The molecule has 1 aromatic carbocycles. The van der Waals surface area contributed by atoms with Gasteiger partial charge in [-0.2, -0.15) is 5.10 Å². The van der Waals surface area contributed by atoms with E-state index in [4.69, 9.17) is 0 Å². The van der Waals surface area contributed by atoms with Crippen LogP contribution in [0.2, 0.25) is 0 Å². The Morgan fingerprint density at radius 2 is 2.07 bits per heavy atom. The smallest absolute Gasteiger partial charge is 0.354 e.